The van der Waals surface area contributed by atoms with E-state index in [0.717, 1.165) is 39.0 Å². The Kier molecular flexibility index (Phi) is 4.36. The highest BCUT2D eigenvalue weighted by atomic mass is 16.5. The molecule has 3 nitrogen and oxygen atoms in total. The summed E-state index contributed by atoms with van der Waals surface area (Å²) in [5.74, 6) is 1.09. The molecule has 0 aromatic heterocycles. The molecule has 1 aliphatic heterocycles. The lowest BCUT2D eigenvalue weighted by atomic mass is 9.98. The van der Waals surface area contributed by atoms with Crippen molar-refractivity contribution < 1.29 is 9.53 Å². The molecule has 20 heavy (non-hydrogen) atoms. The largest absolute Gasteiger partial charge is 0.381 e. The van der Waals surface area contributed by atoms with E-state index in [4.69, 9.17) is 4.74 Å². The number of ether oxygens (including phenoxy) is 1. The van der Waals surface area contributed by atoms with Gasteiger partial charge in [0.1, 0.15) is 0 Å². The number of fused-ring (bicyclic) bond motifs is 1. The van der Waals surface area contributed by atoms with Crippen LogP contribution in [0.1, 0.15) is 30.4 Å². The Hall–Kier alpha value is -1.35. The first kappa shape index (κ1) is 13.6. The number of carbonyl (C=O) groups is 1. The minimum atomic E-state index is 0.171. The van der Waals surface area contributed by atoms with Crippen LogP contribution in [0, 0.1) is 11.8 Å². The number of nitrogens with one attached hydrogen (secondary N) is 1. The summed E-state index contributed by atoms with van der Waals surface area (Å²) in [6, 6.07) is 8.70. The van der Waals surface area contributed by atoms with Gasteiger partial charge in [0, 0.05) is 25.7 Å². The Morgan fingerprint density at radius 1 is 1.15 bits per heavy atom. The van der Waals surface area contributed by atoms with Crippen molar-refractivity contribution in [1.82, 2.24) is 5.32 Å². The molecule has 1 heterocycles. The second kappa shape index (κ2) is 6.40. The highest BCUT2D eigenvalue weighted by molar-refractivity contribution is 5.78. The van der Waals surface area contributed by atoms with E-state index in [1.54, 1.807) is 0 Å². The van der Waals surface area contributed by atoms with Crippen molar-refractivity contribution in [3.63, 3.8) is 0 Å². The van der Waals surface area contributed by atoms with Gasteiger partial charge in [-0.3, -0.25) is 4.79 Å². The summed E-state index contributed by atoms with van der Waals surface area (Å²) < 4.78 is 5.29. The molecular weight excluding hydrogens is 250 g/mol. The molecule has 2 aliphatic rings. The first-order valence-corrected chi connectivity index (χ1v) is 7.75. The van der Waals surface area contributed by atoms with Gasteiger partial charge < -0.3 is 10.1 Å². The third kappa shape index (κ3) is 3.21. The number of rotatable bonds is 4. The lowest BCUT2D eigenvalue weighted by Crippen LogP contribution is -2.35. The molecule has 0 bridgehead atoms. The lowest BCUT2D eigenvalue weighted by molar-refractivity contribution is -0.127. The van der Waals surface area contributed by atoms with Gasteiger partial charge in [0.05, 0.1) is 0 Å². The van der Waals surface area contributed by atoms with Crippen LogP contribution in [0.15, 0.2) is 24.3 Å². The minimum absolute atomic E-state index is 0.171. The summed E-state index contributed by atoms with van der Waals surface area (Å²) in [7, 11) is 0. The molecule has 3 heteroatoms. The number of hydrogen-bond acceptors (Lipinski definition) is 2. The fraction of sp³-hybridized carbons (Fsp3) is 0.588. The normalized spacial score (nSPS) is 19.8. The average molecular weight is 273 g/mol. The van der Waals surface area contributed by atoms with Gasteiger partial charge in [0.15, 0.2) is 0 Å². The summed E-state index contributed by atoms with van der Waals surface area (Å²) in [5.41, 5.74) is 2.99. The molecule has 0 radical (unpaired) electrons. The standard InChI is InChI=1S/C17H23NO2/c19-17(14-6-9-20-10-7-14)18-8-5-13-11-15-3-1-2-4-16(15)12-13/h1-4,13-14H,5-12H2,(H,18,19). The zero-order chi connectivity index (χ0) is 13.8. The molecular formula is C17H23NO2. The summed E-state index contributed by atoms with van der Waals surface area (Å²) >= 11 is 0. The fourth-order valence-electron chi connectivity index (χ4n) is 3.36. The van der Waals surface area contributed by atoms with Gasteiger partial charge in [0.25, 0.3) is 0 Å². The van der Waals surface area contributed by atoms with Crippen LogP contribution in [-0.2, 0) is 22.4 Å². The van der Waals surface area contributed by atoms with E-state index in [1.165, 1.54) is 24.0 Å². The van der Waals surface area contributed by atoms with Crippen molar-refractivity contribution in [2.24, 2.45) is 11.8 Å². The zero-order valence-electron chi connectivity index (χ0n) is 11.9. The van der Waals surface area contributed by atoms with E-state index in [9.17, 15) is 4.79 Å². The third-order valence-corrected chi connectivity index (χ3v) is 4.58. The monoisotopic (exact) mass is 273 g/mol. The van der Waals surface area contributed by atoms with Crippen molar-refractivity contribution >= 4 is 5.91 Å². The topological polar surface area (TPSA) is 38.3 Å². The molecule has 1 aliphatic carbocycles. The quantitative estimate of drug-likeness (QED) is 0.914. The number of amides is 1. The van der Waals surface area contributed by atoms with E-state index in [2.05, 4.69) is 29.6 Å². The molecule has 1 amide bonds. The predicted octanol–water partition coefficient (Wildman–Crippen LogP) is 2.33. The number of carbonyl (C=O) groups excluding carboxylic acids is 1. The third-order valence-electron chi connectivity index (χ3n) is 4.58. The van der Waals surface area contributed by atoms with Gasteiger partial charge in [-0.05, 0) is 49.1 Å². The van der Waals surface area contributed by atoms with Gasteiger partial charge in [-0.2, -0.15) is 0 Å². The van der Waals surface area contributed by atoms with Crippen LogP contribution in [0.2, 0.25) is 0 Å². The molecule has 1 fully saturated rings. The molecule has 1 aromatic rings. The van der Waals surface area contributed by atoms with Crippen molar-refractivity contribution in [2.45, 2.75) is 32.1 Å². The maximum atomic E-state index is 12.0. The molecule has 1 aromatic carbocycles. The molecule has 1 N–H and O–H groups in total. The van der Waals surface area contributed by atoms with Gasteiger partial charge in [-0.15, -0.1) is 0 Å². The molecule has 0 spiro atoms. The SMILES string of the molecule is O=C(NCCC1Cc2ccccc2C1)C1CCOCC1. The van der Waals surface area contributed by atoms with Gasteiger partial charge in [0.2, 0.25) is 5.91 Å². The Labute approximate surface area is 120 Å². The van der Waals surface area contributed by atoms with E-state index in [0.29, 0.717) is 5.92 Å². The van der Waals surface area contributed by atoms with Gasteiger partial charge >= 0.3 is 0 Å². The average Bonchev–Trinajstić information content (AvgIpc) is 2.90. The minimum Gasteiger partial charge on any atom is -0.381 e. The maximum Gasteiger partial charge on any atom is 0.223 e. The highest BCUT2D eigenvalue weighted by Crippen LogP contribution is 2.28. The first-order chi connectivity index (χ1) is 9.83. The van der Waals surface area contributed by atoms with Crippen LogP contribution in [0.4, 0.5) is 0 Å². The van der Waals surface area contributed by atoms with E-state index in [1.807, 2.05) is 0 Å². The highest BCUT2D eigenvalue weighted by Gasteiger charge is 2.23. The summed E-state index contributed by atoms with van der Waals surface area (Å²) in [6.07, 6.45) is 5.18. The Balaban J connectivity index is 1.39. The number of hydrogen-bond donors (Lipinski definition) is 1. The van der Waals surface area contributed by atoms with E-state index in [-0.39, 0.29) is 11.8 Å². The first-order valence-electron chi connectivity index (χ1n) is 7.75. The Bertz CT molecular complexity index is 441. The van der Waals surface area contributed by atoms with Crippen molar-refractivity contribution in [3.8, 4) is 0 Å². The fourth-order valence-corrected chi connectivity index (χ4v) is 3.36. The van der Waals surface area contributed by atoms with Crippen LogP contribution in [0.3, 0.4) is 0 Å². The summed E-state index contributed by atoms with van der Waals surface area (Å²) in [5, 5.41) is 3.11. The molecule has 108 valence electrons. The van der Waals surface area contributed by atoms with E-state index >= 15 is 0 Å². The lowest BCUT2D eigenvalue weighted by Gasteiger charge is -2.21. The van der Waals surface area contributed by atoms with Crippen LogP contribution in [-0.4, -0.2) is 25.7 Å². The van der Waals surface area contributed by atoms with Crippen LogP contribution in [0.5, 0.6) is 0 Å². The summed E-state index contributed by atoms with van der Waals surface area (Å²) in [6.45, 7) is 2.28. The Morgan fingerprint density at radius 3 is 2.45 bits per heavy atom. The van der Waals surface area contributed by atoms with Crippen LogP contribution in [0.25, 0.3) is 0 Å². The van der Waals surface area contributed by atoms with Crippen molar-refractivity contribution in [3.05, 3.63) is 35.4 Å². The predicted molar refractivity (Wildman–Crippen MR) is 78.5 cm³/mol. The Morgan fingerprint density at radius 2 is 1.80 bits per heavy atom. The number of benzene rings is 1. The molecule has 0 saturated carbocycles. The van der Waals surface area contributed by atoms with E-state index < -0.39 is 0 Å². The van der Waals surface area contributed by atoms with Gasteiger partial charge in [-0.1, -0.05) is 24.3 Å². The van der Waals surface area contributed by atoms with Gasteiger partial charge in [-0.25, -0.2) is 0 Å². The smallest absolute Gasteiger partial charge is 0.223 e. The molecule has 1 saturated heterocycles. The molecule has 0 atom stereocenters. The second-order valence-corrected chi connectivity index (χ2v) is 6.01. The molecule has 3 rings (SSSR count). The molecule has 0 unspecified atom stereocenters. The van der Waals surface area contributed by atoms with Crippen LogP contribution >= 0.6 is 0 Å². The van der Waals surface area contributed by atoms with Crippen LogP contribution < -0.4 is 5.32 Å². The van der Waals surface area contributed by atoms with Crippen molar-refractivity contribution in [2.75, 3.05) is 19.8 Å². The van der Waals surface area contributed by atoms with Crippen molar-refractivity contribution in [1.29, 1.82) is 0 Å². The second-order valence-electron chi connectivity index (χ2n) is 6.01. The summed E-state index contributed by atoms with van der Waals surface area (Å²) in [4.78, 5) is 12.0. The zero-order valence-corrected chi connectivity index (χ0v) is 11.9. The maximum absolute atomic E-state index is 12.0.